The Balaban J connectivity index is 1.75. The minimum Gasteiger partial charge on any atom is -0.464 e. The van der Waals surface area contributed by atoms with Gasteiger partial charge >= 0.3 is 12.1 Å². The number of carboxylic acid groups (broad SMARTS) is 1. The third kappa shape index (κ3) is 6.77. The SMILES string of the molecule is CC(=O)Nc1nc(CCc2ccc(CNC(=O)NNC(=O)O)s2)cs1. The van der Waals surface area contributed by atoms with E-state index in [0.29, 0.717) is 11.7 Å². The fraction of sp³-hybridized carbons (Fsp3) is 0.286. The number of carbonyl (C=O) groups excluding carboxylic acids is 2. The summed E-state index contributed by atoms with van der Waals surface area (Å²) in [6.45, 7) is 1.75. The van der Waals surface area contributed by atoms with Gasteiger partial charge in [-0.3, -0.25) is 4.79 Å². The van der Waals surface area contributed by atoms with Gasteiger partial charge in [-0.05, 0) is 25.0 Å². The average Bonchev–Trinajstić information content (AvgIpc) is 3.17. The van der Waals surface area contributed by atoms with E-state index in [0.717, 1.165) is 28.3 Å². The summed E-state index contributed by atoms with van der Waals surface area (Å²) in [6.07, 6.45) is 0.227. The highest BCUT2D eigenvalue weighted by molar-refractivity contribution is 7.14. The number of urea groups is 1. The van der Waals surface area contributed by atoms with Gasteiger partial charge in [0.05, 0.1) is 12.2 Å². The first kappa shape index (κ1) is 18.7. The lowest BCUT2D eigenvalue weighted by Gasteiger charge is -2.05. The van der Waals surface area contributed by atoms with E-state index in [2.05, 4.69) is 15.6 Å². The number of rotatable bonds is 6. The van der Waals surface area contributed by atoms with Crippen LogP contribution in [0.3, 0.4) is 0 Å². The topological polar surface area (TPSA) is 132 Å². The molecular weight excluding hydrogens is 366 g/mol. The van der Waals surface area contributed by atoms with E-state index in [1.165, 1.54) is 18.3 Å². The van der Waals surface area contributed by atoms with Crippen molar-refractivity contribution in [2.24, 2.45) is 0 Å². The van der Waals surface area contributed by atoms with Crippen LogP contribution in [0.2, 0.25) is 0 Å². The normalized spacial score (nSPS) is 10.1. The van der Waals surface area contributed by atoms with Crippen molar-refractivity contribution in [1.82, 2.24) is 21.2 Å². The Morgan fingerprint density at radius 3 is 2.64 bits per heavy atom. The summed E-state index contributed by atoms with van der Waals surface area (Å²) in [7, 11) is 0. The zero-order valence-corrected chi connectivity index (χ0v) is 14.9. The van der Waals surface area contributed by atoms with E-state index in [9.17, 15) is 14.4 Å². The lowest BCUT2D eigenvalue weighted by molar-refractivity contribution is -0.114. The molecule has 2 aromatic rings. The van der Waals surface area contributed by atoms with Crippen molar-refractivity contribution >= 4 is 45.8 Å². The molecule has 0 radical (unpaired) electrons. The zero-order chi connectivity index (χ0) is 18.2. The highest BCUT2D eigenvalue weighted by Gasteiger charge is 2.07. The van der Waals surface area contributed by atoms with Crippen molar-refractivity contribution in [3.05, 3.63) is 33.0 Å². The average molecular weight is 383 g/mol. The number of aryl methyl sites for hydroxylation is 2. The number of thiazole rings is 1. The van der Waals surface area contributed by atoms with Gasteiger partial charge in [0.15, 0.2) is 5.13 Å². The molecule has 2 heterocycles. The molecule has 134 valence electrons. The van der Waals surface area contributed by atoms with Gasteiger partial charge in [0.2, 0.25) is 5.91 Å². The monoisotopic (exact) mass is 383 g/mol. The van der Waals surface area contributed by atoms with Crippen LogP contribution in [0.4, 0.5) is 14.7 Å². The summed E-state index contributed by atoms with van der Waals surface area (Å²) in [5.74, 6) is -0.140. The maximum Gasteiger partial charge on any atom is 0.423 e. The molecule has 0 aliphatic rings. The van der Waals surface area contributed by atoms with Crippen LogP contribution in [0, 0.1) is 0 Å². The molecule has 0 aliphatic carbocycles. The minimum atomic E-state index is -1.34. The Morgan fingerprint density at radius 2 is 1.92 bits per heavy atom. The Bertz CT molecular complexity index is 758. The van der Waals surface area contributed by atoms with Crippen LogP contribution < -0.4 is 21.5 Å². The number of hydrogen-bond donors (Lipinski definition) is 5. The molecule has 9 nitrogen and oxygen atoms in total. The highest BCUT2D eigenvalue weighted by Crippen LogP contribution is 2.20. The van der Waals surface area contributed by atoms with Crippen molar-refractivity contribution in [2.45, 2.75) is 26.3 Å². The summed E-state index contributed by atoms with van der Waals surface area (Å²) in [5.41, 5.74) is 4.67. The van der Waals surface area contributed by atoms with E-state index < -0.39 is 12.1 Å². The van der Waals surface area contributed by atoms with Crippen molar-refractivity contribution in [2.75, 3.05) is 5.32 Å². The summed E-state index contributed by atoms with van der Waals surface area (Å²) in [6, 6.07) is 3.27. The third-order valence-electron chi connectivity index (χ3n) is 2.89. The quantitative estimate of drug-likeness (QED) is 0.486. The Kier molecular flexibility index (Phi) is 6.71. The molecule has 0 bridgehead atoms. The lowest BCUT2D eigenvalue weighted by Crippen LogP contribution is -2.46. The van der Waals surface area contributed by atoms with E-state index in [4.69, 9.17) is 5.11 Å². The number of nitrogens with one attached hydrogen (secondary N) is 4. The molecule has 25 heavy (non-hydrogen) atoms. The molecule has 0 aromatic carbocycles. The number of hydrazine groups is 1. The molecule has 0 atom stereocenters. The molecule has 0 spiro atoms. The van der Waals surface area contributed by atoms with Crippen LogP contribution in [-0.4, -0.2) is 28.1 Å². The third-order valence-corrected chi connectivity index (χ3v) is 4.84. The molecule has 11 heteroatoms. The highest BCUT2D eigenvalue weighted by atomic mass is 32.1. The summed E-state index contributed by atoms with van der Waals surface area (Å²) < 4.78 is 0. The molecule has 0 unspecified atom stereocenters. The molecule has 0 fully saturated rings. The first-order valence-corrected chi connectivity index (χ1v) is 8.94. The van der Waals surface area contributed by atoms with Crippen LogP contribution in [0.5, 0.6) is 0 Å². The van der Waals surface area contributed by atoms with Crippen LogP contribution in [0.1, 0.15) is 22.4 Å². The van der Waals surface area contributed by atoms with E-state index in [-0.39, 0.29) is 5.91 Å². The molecule has 2 aromatic heterocycles. The molecule has 0 aliphatic heterocycles. The van der Waals surface area contributed by atoms with E-state index >= 15 is 0 Å². The molecular formula is C14H17N5O4S2. The minimum absolute atomic E-state index is 0.140. The first-order chi connectivity index (χ1) is 11.9. The number of nitrogens with zero attached hydrogens (tertiary/aromatic N) is 1. The second kappa shape index (κ2) is 8.99. The van der Waals surface area contributed by atoms with E-state index in [1.807, 2.05) is 22.9 Å². The molecule has 0 saturated carbocycles. The predicted molar refractivity (Wildman–Crippen MR) is 94.7 cm³/mol. The lowest BCUT2D eigenvalue weighted by atomic mass is 10.2. The van der Waals surface area contributed by atoms with Gasteiger partial charge in [-0.15, -0.1) is 22.7 Å². The van der Waals surface area contributed by atoms with Crippen LogP contribution in [0.25, 0.3) is 0 Å². The number of amides is 4. The number of carbonyl (C=O) groups is 3. The summed E-state index contributed by atoms with van der Waals surface area (Å²) in [4.78, 5) is 39.0. The van der Waals surface area contributed by atoms with Crippen molar-refractivity contribution in [3.63, 3.8) is 0 Å². The van der Waals surface area contributed by atoms with Crippen molar-refractivity contribution < 1.29 is 19.5 Å². The summed E-state index contributed by atoms with van der Waals surface area (Å²) in [5, 5.41) is 16.1. The zero-order valence-electron chi connectivity index (χ0n) is 13.3. The number of thiophene rings is 1. The largest absolute Gasteiger partial charge is 0.464 e. The maximum absolute atomic E-state index is 11.3. The number of anilines is 1. The van der Waals surface area contributed by atoms with Crippen LogP contribution >= 0.6 is 22.7 Å². The van der Waals surface area contributed by atoms with E-state index in [1.54, 1.807) is 16.8 Å². The smallest absolute Gasteiger partial charge is 0.423 e. The second-order valence-electron chi connectivity index (χ2n) is 4.93. The molecule has 2 rings (SSSR count). The Morgan fingerprint density at radius 1 is 1.16 bits per heavy atom. The van der Waals surface area contributed by atoms with Gasteiger partial charge < -0.3 is 15.7 Å². The maximum atomic E-state index is 11.3. The van der Waals surface area contributed by atoms with Crippen molar-refractivity contribution in [3.8, 4) is 0 Å². The second-order valence-corrected chi connectivity index (χ2v) is 7.04. The first-order valence-electron chi connectivity index (χ1n) is 7.24. The standard InChI is InChI=1S/C14H17N5O4S2/c1-8(20)16-13-17-9(7-24-13)2-3-10-4-5-11(25-10)6-15-12(21)18-19-14(22)23/h4-5,7,19H,2-3,6H2,1H3,(H,22,23)(H2,15,18,21)(H,16,17,20). The molecule has 5 N–H and O–H groups in total. The Labute approximate surface area is 151 Å². The fourth-order valence-electron chi connectivity index (χ4n) is 1.85. The van der Waals surface area contributed by atoms with Gasteiger partial charge in [0.25, 0.3) is 0 Å². The molecule has 4 amide bonds. The number of aromatic nitrogens is 1. The van der Waals surface area contributed by atoms with Crippen molar-refractivity contribution in [1.29, 1.82) is 0 Å². The van der Waals surface area contributed by atoms with Gasteiger partial charge in [0, 0.05) is 22.1 Å². The van der Waals surface area contributed by atoms with Gasteiger partial charge in [-0.1, -0.05) is 0 Å². The molecule has 0 saturated heterocycles. The predicted octanol–water partition coefficient (Wildman–Crippen LogP) is 1.93. The summed E-state index contributed by atoms with van der Waals surface area (Å²) >= 11 is 2.96. The van der Waals surface area contributed by atoms with Gasteiger partial charge in [0.1, 0.15) is 0 Å². The Hall–Kier alpha value is -2.66. The van der Waals surface area contributed by atoms with Crippen LogP contribution in [-0.2, 0) is 24.2 Å². The van der Waals surface area contributed by atoms with Gasteiger partial charge in [-0.2, -0.15) is 0 Å². The number of hydrogen-bond acceptors (Lipinski definition) is 6. The van der Waals surface area contributed by atoms with Gasteiger partial charge in [-0.25, -0.2) is 25.4 Å². The van der Waals surface area contributed by atoms with Crippen LogP contribution in [0.15, 0.2) is 17.5 Å². The fourth-order valence-corrected chi connectivity index (χ4v) is 3.60.